The Balaban J connectivity index is 1.99. The van der Waals surface area contributed by atoms with Gasteiger partial charge in [-0.1, -0.05) is 36.8 Å². The van der Waals surface area contributed by atoms with Gasteiger partial charge in [-0.25, -0.2) is 0 Å². The molecule has 0 bridgehead atoms. The molecule has 3 nitrogen and oxygen atoms in total. The number of benzene rings is 1. The summed E-state index contributed by atoms with van der Waals surface area (Å²) in [6.07, 6.45) is 1.11. The quantitative estimate of drug-likeness (QED) is 0.880. The first-order chi connectivity index (χ1) is 9.20. The molecule has 1 N–H and O–H groups in total. The molecule has 1 aliphatic rings. The first-order valence-corrected chi connectivity index (χ1v) is 7.27. The van der Waals surface area contributed by atoms with E-state index in [1.807, 2.05) is 0 Å². The predicted octanol–water partition coefficient (Wildman–Crippen LogP) is 2.19. The second-order valence-corrected chi connectivity index (χ2v) is 5.50. The molecular weight excluding hydrogens is 236 g/mol. The summed E-state index contributed by atoms with van der Waals surface area (Å²) in [4.78, 5) is 2.42. The van der Waals surface area contributed by atoms with Crippen LogP contribution >= 0.6 is 0 Å². The monoisotopic (exact) mass is 262 g/mol. The van der Waals surface area contributed by atoms with Crippen LogP contribution in [0, 0.1) is 6.92 Å². The average Bonchev–Trinajstić information content (AvgIpc) is 2.39. The Morgan fingerprint density at radius 1 is 1.42 bits per heavy atom. The summed E-state index contributed by atoms with van der Waals surface area (Å²) in [5, 5.41) is 3.59. The van der Waals surface area contributed by atoms with E-state index in [1.165, 1.54) is 11.1 Å². The number of nitrogens with zero attached hydrogens (tertiary/aromatic N) is 1. The predicted molar refractivity (Wildman–Crippen MR) is 79.3 cm³/mol. The summed E-state index contributed by atoms with van der Waals surface area (Å²) < 4.78 is 5.66. The van der Waals surface area contributed by atoms with Gasteiger partial charge in [-0.15, -0.1) is 0 Å². The van der Waals surface area contributed by atoms with Crippen molar-refractivity contribution in [3.63, 3.8) is 0 Å². The zero-order valence-corrected chi connectivity index (χ0v) is 12.4. The summed E-state index contributed by atoms with van der Waals surface area (Å²) in [6.45, 7) is 8.05. The van der Waals surface area contributed by atoms with Crippen LogP contribution in [0.25, 0.3) is 0 Å². The molecule has 1 aromatic rings. The number of hydrogen-bond acceptors (Lipinski definition) is 3. The van der Waals surface area contributed by atoms with Crippen LogP contribution in [0.3, 0.4) is 0 Å². The fourth-order valence-corrected chi connectivity index (χ4v) is 2.87. The highest BCUT2D eigenvalue weighted by atomic mass is 16.5. The molecular formula is C16H26N2O. The van der Waals surface area contributed by atoms with E-state index < -0.39 is 0 Å². The number of hydrogen-bond donors (Lipinski definition) is 1. The fourth-order valence-electron chi connectivity index (χ4n) is 2.87. The second kappa shape index (κ2) is 7.04. The standard InChI is InChI=1S/C16H26N2O/c1-4-17-15-8-9-19-12-16(15)18(3)11-14-7-5-6-13(2)10-14/h5-7,10,15-17H,4,8-9,11-12H2,1-3H3. The Morgan fingerprint density at radius 2 is 2.26 bits per heavy atom. The Labute approximate surface area is 116 Å². The van der Waals surface area contributed by atoms with Crippen molar-refractivity contribution in [1.29, 1.82) is 0 Å². The van der Waals surface area contributed by atoms with E-state index in [2.05, 4.69) is 55.4 Å². The summed E-state index contributed by atoms with van der Waals surface area (Å²) in [7, 11) is 2.20. The highest BCUT2D eigenvalue weighted by Gasteiger charge is 2.28. The van der Waals surface area contributed by atoms with Gasteiger partial charge in [0.1, 0.15) is 0 Å². The molecule has 0 radical (unpaired) electrons. The third-order valence-corrected chi connectivity index (χ3v) is 3.87. The van der Waals surface area contributed by atoms with Gasteiger partial charge in [0, 0.05) is 25.2 Å². The molecule has 19 heavy (non-hydrogen) atoms. The minimum atomic E-state index is 0.467. The van der Waals surface area contributed by atoms with Gasteiger partial charge in [0.05, 0.1) is 6.61 Å². The van der Waals surface area contributed by atoms with Crippen molar-refractivity contribution in [1.82, 2.24) is 10.2 Å². The number of ether oxygens (including phenoxy) is 1. The summed E-state index contributed by atoms with van der Waals surface area (Å²) in [5.41, 5.74) is 2.71. The van der Waals surface area contributed by atoms with Crippen molar-refractivity contribution >= 4 is 0 Å². The average molecular weight is 262 g/mol. The van der Waals surface area contributed by atoms with E-state index >= 15 is 0 Å². The van der Waals surface area contributed by atoms with Crippen molar-refractivity contribution in [2.45, 2.75) is 38.9 Å². The molecule has 3 heteroatoms. The molecule has 1 fully saturated rings. The van der Waals surface area contributed by atoms with Gasteiger partial charge in [0.15, 0.2) is 0 Å². The van der Waals surface area contributed by atoms with Crippen LogP contribution < -0.4 is 5.32 Å². The molecule has 0 aromatic heterocycles. The van der Waals surface area contributed by atoms with Crippen molar-refractivity contribution < 1.29 is 4.74 Å². The van der Waals surface area contributed by atoms with Crippen LogP contribution in [0.2, 0.25) is 0 Å². The fraction of sp³-hybridized carbons (Fsp3) is 0.625. The molecule has 1 aromatic carbocycles. The van der Waals surface area contributed by atoms with Gasteiger partial charge in [-0.2, -0.15) is 0 Å². The molecule has 0 amide bonds. The Morgan fingerprint density at radius 3 is 3.00 bits per heavy atom. The molecule has 1 aliphatic heterocycles. The topological polar surface area (TPSA) is 24.5 Å². The number of nitrogens with one attached hydrogen (secondary N) is 1. The second-order valence-electron chi connectivity index (χ2n) is 5.50. The Kier molecular flexibility index (Phi) is 5.37. The zero-order chi connectivity index (χ0) is 13.7. The van der Waals surface area contributed by atoms with Gasteiger partial charge in [0.2, 0.25) is 0 Å². The van der Waals surface area contributed by atoms with Crippen LogP contribution in [-0.2, 0) is 11.3 Å². The van der Waals surface area contributed by atoms with Crippen LogP contribution in [0.4, 0.5) is 0 Å². The van der Waals surface area contributed by atoms with E-state index in [4.69, 9.17) is 4.74 Å². The summed E-state index contributed by atoms with van der Waals surface area (Å²) in [5.74, 6) is 0. The molecule has 0 aliphatic carbocycles. The first-order valence-electron chi connectivity index (χ1n) is 7.27. The van der Waals surface area contributed by atoms with E-state index in [0.29, 0.717) is 12.1 Å². The maximum atomic E-state index is 5.66. The number of aryl methyl sites for hydroxylation is 1. The van der Waals surface area contributed by atoms with E-state index in [-0.39, 0.29) is 0 Å². The lowest BCUT2D eigenvalue weighted by Crippen LogP contribution is -2.53. The van der Waals surface area contributed by atoms with E-state index in [1.54, 1.807) is 0 Å². The number of rotatable bonds is 5. The Hall–Kier alpha value is -0.900. The van der Waals surface area contributed by atoms with Crippen LogP contribution in [0.5, 0.6) is 0 Å². The maximum Gasteiger partial charge on any atom is 0.0637 e. The van der Waals surface area contributed by atoms with Crippen molar-refractivity contribution in [2.24, 2.45) is 0 Å². The van der Waals surface area contributed by atoms with Crippen molar-refractivity contribution in [2.75, 3.05) is 26.8 Å². The summed E-state index contributed by atoms with van der Waals surface area (Å²) >= 11 is 0. The largest absolute Gasteiger partial charge is 0.380 e. The number of likely N-dealkylation sites (N-methyl/N-ethyl adjacent to an activating group) is 2. The van der Waals surface area contributed by atoms with Crippen LogP contribution in [-0.4, -0.2) is 43.8 Å². The minimum absolute atomic E-state index is 0.467. The molecule has 2 atom stereocenters. The van der Waals surface area contributed by atoms with Gasteiger partial charge in [-0.3, -0.25) is 4.90 Å². The molecule has 0 saturated carbocycles. The Bertz CT molecular complexity index is 392. The molecule has 1 saturated heterocycles. The lowest BCUT2D eigenvalue weighted by molar-refractivity contribution is 0.00384. The van der Waals surface area contributed by atoms with Crippen molar-refractivity contribution in [3.8, 4) is 0 Å². The molecule has 2 rings (SSSR count). The van der Waals surface area contributed by atoms with Gasteiger partial charge in [-0.05, 0) is 32.5 Å². The molecule has 1 heterocycles. The summed E-state index contributed by atoms with van der Waals surface area (Å²) in [6, 6.07) is 9.77. The first kappa shape index (κ1) is 14.5. The lowest BCUT2D eigenvalue weighted by atomic mass is 10.0. The SMILES string of the molecule is CCNC1CCOCC1N(C)Cc1cccc(C)c1. The molecule has 2 unspecified atom stereocenters. The highest BCUT2D eigenvalue weighted by molar-refractivity contribution is 5.22. The third kappa shape index (κ3) is 4.03. The van der Waals surface area contributed by atoms with Crippen LogP contribution in [0.15, 0.2) is 24.3 Å². The third-order valence-electron chi connectivity index (χ3n) is 3.87. The smallest absolute Gasteiger partial charge is 0.0637 e. The van der Waals surface area contributed by atoms with Crippen molar-refractivity contribution in [3.05, 3.63) is 35.4 Å². The zero-order valence-electron chi connectivity index (χ0n) is 12.4. The lowest BCUT2D eigenvalue weighted by Gasteiger charge is -2.38. The molecule has 106 valence electrons. The van der Waals surface area contributed by atoms with Crippen LogP contribution in [0.1, 0.15) is 24.5 Å². The van der Waals surface area contributed by atoms with E-state index in [9.17, 15) is 0 Å². The van der Waals surface area contributed by atoms with Gasteiger partial charge < -0.3 is 10.1 Å². The minimum Gasteiger partial charge on any atom is -0.380 e. The molecule has 0 spiro atoms. The highest BCUT2D eigenvalue weighted by Crippen LogP contribution is 2.16. The van der Waals surface area contributed by atoms with Gasteiger partial charge in [0.25, 0.3) is 0 Å². The van der Waals surface area contributed by atoms with Gasteiger partial charge >= 0.3 is 0 Å². The normalized spacial score (nSPS) is 23.8. The maximum absolute atomic E-state index is 5.66. The van der Waals surface area contributed by atoms with E-state index in [0.717, 1.165) is 32.7 Å².